The number of hydrogen-bond donors (Lipinski definition) is 1. The topological polar surface area (TPSA) is 23.9 Å². The van der Waals surface area contributed by atoms with Crippen molar-refractivity contribution in [3.8, 4) is 0 Å². The fraction of sp³-hybridized carbons (Fsp3) is 0.500. The first-order valence-corrected chi connectivity index (χ1v) is 4.32. The van der Waals surface area contributed by atoms with Crippen LogP contribution in [-0.4, -0.2) is 12.4 Å². The van der Waals surface area contributed by atoms with Gasteiger partial charge in [-0.2, -0.15) is 13.2 Å². The van der Waals surface area contributed by atoms with Gasteiger partial charge in [-0.15, -0.1) is 0 Å². The summed E-state index contributed by atoms with van der Waals surface area (Å²) in [6, 6.07) is 0. The first-order chi connectivity index (χ1) is 6.38. The standard InChI is InChI=1S/C10H14F3N/c1-8(2)5-3-4-6-9(7-14)10(11,12)13/h3-4,6-8,14H,5H2,1-2H3/b4-3?,9-6+,14-7?. The highest BCUT2D eigenvalue weighted by atomic mass is 19.4. The van der Waals surface area contributed by atoms with Crippen LogP contribution >= 0.6 is 0 Å². The lowest BCUT2D eigenvalue weighted by atomic mass is 10.1. The van der Waals surface area contributed by atoms with Gasteiger partial charge in [0.25, 0.3) is 0 Å². The largest absolute Gasteiger partial charge is 0.417 e. The number of allylic oxidation sites excluding steroid dienone is 4. The molecule has 0 unspecified atom stereocenters. The Kier molecular flexibility index (Phi) is 5.20. The zero-order chi connectivity index (χ0) is 11.2. The Morgan fingerprint density at radius 3 is 2.29 bits per heavy atom. The predicted molar refractivity (Wildman–Crippen MR) is 51.5 cm³/mol. The average molecular weight is 205 g/mol. The molecule has 80 valence electrons. The van der Waals surface area contributed by atoms with Crippen LogP contribution in [0.5, 0.6) is 0 Å². The average Bonchev–Trinajstić information content (AvgIpc) is 2.01. The zero-order valence-corrected chi connectivity index (χ0v) is 8.23. The van der Waals surface area contributed by atoms with Gasteiger partial charge in [-0.1, -0.05) is 26.0 Å². The summed E-state index contributed by atoms with van der Waals surface area (Å²) in [4.78, 5) is 0. The summed E-state index contributed by atoms with van der Waals surface area (Å²) < 4.78 is 36.2. The van der Waals surface area contributed by atoms with Crippen molar-refractivity contribution in [2.75, 3.05) is 0 Å². The van der Waals surface area contributed by atoms with Crippen LogP contribution in [0.3, 0.4) is 0 Å². The molecule has 0 aromatic heterocycles. The summed E-state index contributed by atoms with van der Waals surface area (Å²) >= 11 is 0. The van der Waals surface area contributed by atoms with Crippen LogP contribution in [0.1, 0.15) is 20.3 Å². The fourth-order valence-corrected chi connectivity index (χ4v) is 0.747. The highest BCUT2D eigenvalue weighted by molar-refractivity contribution is 5.78. The molecule has 0 atom stereocenters. The van der Waals surface area contributed by atoms with Gasteiger partial charge >= 0.3 is 6.18 Å². The second-order valence-corrected chi connectivity index (χ2v) is 3.32. The number of halogens is 3. The third-order valence-electron chi connectivity index (χ3n) is 1.50. The highest BCUT2D eigenvalue weighted by Gasteiger charge is 2.31. The normalized spacial score (nSPS) is 14.0. The van der Waals surface area contributed by atoms with E-state index in [1.807, 2.05) is 13.8 Å². The molecule has 0 radical (unpaired) electrons. The molecule has 0 spiro atoms. The maximum Gasteiger partial charge on any atom is 0.417 e. The fourth-order valence-electron chi connectivity index (χ4n) is 0.747. The van der Waals surface area contributed by atoms with Crippen molar-refractivity contribution >= 4 is 6.21 Å². The first kappa shape index (κ1) is 12.9. The predicted octanol–water partition coefficient (Wildman–Crippen LogP) is 3.73. The Labute approximate surface area is 81.8 Å². The van der Waals surface area contributed by atoms with Crippen molar-refractivity contribution in [1.82, 2.24) is 0 Å². The van der Waals surface area contributed by atoms with Gasteiger partial charge in [-0.3, -0.25) is 0 Å². The van der Waals surface area contributed by atoms with Gasteiger partial charge < -0.3 is 5.41 Å². The zero-order valence-electron chi connectivity index (χ0n) is 8.23. The second kappa shape index (κ2) is 5.62. The van der Waals surface area contributed by atoms with E-state index < -0.39 is 11.7 Å². The molecule has 0 fully saturated rings. The third-order valence-corrected chi connectivity index (χ3v) is 1.50. The van der Waals surface area contributed by atoms with Gasteiger partial charge in [0.2, 0.25) is 0 Å². The molecule has 0 aliphatic rings. The van der Waals surface area contributed by atoms with E-state index in [4.69, 9.17) is 5.41 Å². The van der Waals surface area contributed by atoms with Gasteiger partial charge in [0.15, 0.2) is 0 Å². The van der Waals surface area contributed by atoms with E-state index in [9.17, 15) is 13.2 Å². The Hall–Kier alpha value is -1.06. The molecule has 0 heterocycles. The lowest BCUT2D eigenvalue weighted by Gasteiger charge is -2.04. The molecule has 14 heavy (non-hydrogen) atoms. The number of rotatable bonds is 4. The van der Waals surface area contributed by atoms with E-state index in [1.165, 1.54) is 6.08 Å². The maximum absolute atomic E-state index is 12.1. The second-order valence-electron chi connectivity index (χ2n) is 3.32. The smallest absolute Gasteiger partial charge is 0.308 e. The lowest BCUT2D eigenvalue weighted by molar-refractivity contribution is -0.0856. The van der Waals surface area contributed by atoms with E-state index >= 15 is 0 Å². The third kappa shape index (κ3) is 5.56. The van der Waals surface area contributed by atoms with E-state index in [2.05, 4.69) is 0 Å². The SMILES string of the molecule is CC(C)CC=C/C=C(\C=N)C(F)(F)F. The summed E-state index contributed by atoms with van der Waals surface area (Å²) in [5, 5.41) is 6.59. The van der Waals surface area contributed by atoms with E-state index in [0.717, 1.165) is 12.5 Å². The Bertz CT molecular complexity index is 236. The number of alkyl halides is 3. The van der Waals surface area contributed by atoms with Crippen LogP contribution in [0.4, 0.5) is 13.2 Å². The molecular formula is C10H14F3N. The molecule has 0 saturated carbocycles. The molecule has 1 nitrogen and oxygen atoms in total. The monoisotopic (exact) mass is 205 g/mol. The van der Waals surface area contributed by atoms with Gasteiger partial charge in [0.1, 0.15) is 0 Å². The molecule has 0 aliphatic heterocycles. The molecule has 1 N–H and O–H groups in total. The minimum Gasteiger partial charge on any atom is -0.308 e. The van der Waals surface area contributed by atoms with Crippen molar-refractivity contribution in [3.05, 3.63) is 23.8 Å². The molecule has 0 rings (SSSR count). The number of nitrogens with one attached hydrogen (secondary N) is 1. The first-order valence-electron chi connectivity index (χ1n) is 4.32. The van der Waals surface area contributed by atoms with Crippen molar-refractivity contribution in [2.24, 2.45) is 5.92 Å². The summed E-state index contributed by atoms with van der Waals surface area (Å²) in [5.41, 5.74) is -0.933. The van der Waals surface area contributed by atoms with Crippen LogP contribution in [0, 0.1) is 11.3 Å². The van der Waals surface area contributed by atoms with Gasteiger partial charge in [0, 0.05) is 6.21 Å². The van der Waals surface area contributed by atoms with Crippen LogP contribution in [-0.2, 0) is 0 Å². The van der Waals surface area contributed by atoms with Crippen LogP contribution in [0.2, 0.25) is 0 Å². The lowest BCUT2D eigenvalue weighted by Crippen LogP contribution is -2.12. The summed E-state index contributed by atoms with van der Waals surface area (Å²) in [5.74, 6) is 0.425. The van der Waals surface area contributed by atoms with Gasteiger partial charge in [-0.25, -0.2) is 0 Å². The number of hydrogen-bond acceptors (Lipinski definition) is 1. The molecule has 4 heteroatoms. The van der Waals surface area contributed by atoms with Crippen LogP contribution in [0.15, 0.2) is 23.8 Å². The van der Waals surface area contributed by atoms with Crippen LogP contribution in [0.25, 0.3) is 0 Å². The van der Waals surface area contributed by atoms with Gasteiger partial charge in [-0.05, 0) is 18.4 Å². The highest BCUT2D eigenvalue weighted by Crippen LogP contribution is 2.23. The summed E-state index contributed by atoms with van der Waals surface area (Å²) in [6.45, 7) is 3.96. The van der Waals surface area contributed by atoms with Crippen molar-refractivity contribution < 1.29 is 13.2 Å². The van der Waals surface area contributed by atoms with Crippen molar-refractivity contribution in [3.63, 3.8) is 0 Å². The van der Waals surface area contributed by atoms with Gasteiger partial charge in [0.05, 0.1) is 5.57 Å². The molecule has 0 aromatic carbocycles. The molecule has 0 bridgehead atoms. The van der Waals surface area contributed by atoms with Crippen molar-refractivity contribution in [2.45, 2.75) is 26.4 Å². The summed E-state index contributed by atoms with van der Waals surface area (Å²) in [7, 11) is 0. The molecule has 0 aromatic rings. The minimum absolute atomic E-state index is 0.319. The Morgan fingerprint density at radius 2 is 1.93 bits per heavy atom. The molecule has 0 aliphatic carbocycles. The van der Waals surface area contributed by atoms with E-state index in [-0.39, 0.29) is 0 Å². The molecule has 0 amide bonds. The molecular weight excluding hydrogens is 191 g/mol. The van der Waals surface area contributed by atoms with E-state index in [1.54, 1.807) is 6.08 Å². The van der Waals surface area contributed by atoms with E-state index in [0.29, 0.717) is 12.1 Å². The minimum atomic E-state index is -4.43. The Morgan fingerprint density at radius 1 is 1.36 bits per heavy atom. The maximum atomic E-state index is 12.1. The molecule has 0 saturated heterocycles. The quantitative estimate of drug-likeness (QED) is 0.534. The summed E-state index contributed by atoms with van der Waals surface area (Å²) in [6.07, 6.45) is 0.548. The van der Waals surface area contributed by atoms with Crippen LogP contribution < -0.4 is 0 Å². The Balaban J connectivity index is 4.33. The van der Waals surface area contributed by atoms with Crippen molar-refractivity contribution in [1.29, 1.82) is 5.41 Å².